The lowest BCUT2D eigenvalue weighted by molar-refractivity contribution is 0.413. The highest BCUT2D eigenvalue weighted by Gasteiger charge is 2.31. The van der Waals surface area contributed by atoms with E-state index in [9.17, 15) is 0 Å². The van der Waals surface area contributed by atoms with E-state index < -0.39 is 0 Å². The lowest BCUT2D eigenvalue weighted by Crippen LogP contribution is -2.34. The number of hydrogen-bond acceptors (Lipinski definition) is 3. The van der Waals surface area contributed by atoms with Crippen molar-refractivity contribution in [1.82, 2.24) is 5.43 Å². The predicted molar refractivity (Wildman–Crippen MR) is 59.4 cm³/mol. The maximum absolute atomic E-state index is 8.71. The van der Waals surface area contributed by atoms with Gasteiger partial charge in [-0.25, -0.2) is 0 Å². The van der Waals surface area contributed by atoms with Gasteiger partial charge in [0.05, 0.1) is 23.7 Å². The van der Waals surface area contributed by atoms with Crippen LogP contribution < -0.4 is 5.43 Å². The Morgan fingerprint density at radius 3 is 2.87 bits per heavy atom. The highest BCUT2D eigenvalue weighted by atomic mass is 15.4. The van der Waals surface area contributed by atoms with Gasteiger partial charge < -0.3 is 5.43 Å². The summed E-state index contributed by atoms with van der Waals surface area (Å²) >= 11 is 0. The van der Waals surface area contributed by atoms with Crippen LogP contribution in [-0.4, -0.2) is 11.3 Å². The van der Waals surface area contributed by atoms with Crippen molar-refractivity contribution in [3.63, 3.8) is 0 Å². The van der Waals surface area contributed by atoms with Gasteiger partial charge in [0, 0.05) is 6.42 Å². The molecule has 1 aliphatic heterocycles. The summed E-state index contributed by atoms with van der Waals surface area (Å²) in [4.78, 5) is 0. The Morgan fingerprint density at radius 1 is 1.47 bits per heavy atom. The van der Waals surface area contributed by atoms with Crippen LogP contribution in [-0.2, 0) is 0 Å². The quantitative estimate of drug-likeness (QED) is 0.792. The monoisotopic (exact) mass is 199 g/mol. The second kappa shape index (κ2) is 3.74. The first-order valence-corrected chi connectivity index (χ1v) is 5.00. The summed E-state index contributed by atoms with van der Waals surface area (Å²) in [5, 5.41) is 13.0. The van der Waals surface area contributed by atoms with Crippen molar-refractivity contribution in [3.8, 4) is 6.07 Å². The average molecular weight is 199 g/mol. The smallest absolute Gasteiger partial charge is 0.0706 e. The van der Waals surface area contributed by atoms with Gasteiger partial charge in [-0.2, -0.15) is 10.4 Å². The highest BCUT2D eigenvalue weighted by Crippen LogP contribution is 2.23. The molecule has 3 nitrogen and oxygen atoms in total. The molecule has 3 heteroatoms. The molecule has 0 amide bonds. The number of nitriles is 1. The fraction of sp³-hybridized carbons (Fsp3) is 0.333. The molecule has 0 radical (unpaired) electrons. The van der Waals surface area contributed by atoms with E-state index in [2.05, 4.69) is 16.6 Å². The first-order chi connectivity index (χ1) is 7.23. The topological polar surface area (TPSA) is 48.2 Å². The van der Waals surface area contributed by atoms with Crippen molar-refractivity contribution in [3.05, 3.63) is 35.9 Å². The minimum absolute atomic E-state index is 0.195. The molecule has 15 heavy (non-hydrogen) atoms. The van der Waals surface area contributed by atoms with E-state index in [0.29, 0.717) is 6.42 Å². The molecule has 1 aromatic rings. The maximum atomic E-state index is 8.71. The van der Waals surface area contributed by atoms with E-state index in [1.165, 1.54) is 0 Å². The Kier molecular flexibility index (Phi) is 2.42. The van der Waals surface area contributed by atoms with Gasteiger partial charge in [-0.15, -0.1) is 0 Å². The third-order valence-electron chi connectivity index (χ3n) is 2.59. The maximum Gasteiger partial charge on any atom is 0.0706 e. The van der Waals surface area contributed by atoms with Crippen molar-refractivity contribution < 1.29 is 0 Å². The van der Waals surface area contributed by atoms with Crippen molar-refractivity contribution in [2.45, 2.75) is 25.3 Å². The van der Waals surface area contributed by atoms with Crippen LogP contribution in [0, 0.1) is 11.3 Å². The molecular formula is C12H13N3. The molecule has 0 saturated heterocycles. The van der Waals surface area contributed by atoms with Crippen LogP contribution in [0.4, 0.5) is 0 Å². The van der Waals surface area contributed by atoms with E-state index >= 15 is 0 Å². The van der Waals surface area contributed by atoms with Crippen LogP contribution in [0.15, 0.2) is 35.4 Å². The van der Waals surface area contributed by atoms with Crippen LogP contribution in [0.5, 0.6) is 0 Å². The zero-order valence-electron chi connectivity index (χ0n) is 8.70. The fourth-order valence-electron chi connectivity index (χ4n) is 1.72. The number of hydrazone groups is 1. The number of benzene rings is 1. The highest BCUT2D eigenvalue weighted by molar-refractivity contribution is 6.02. The molecule has 76 valence electrons. The molecule has 2 rings (SSSR count). The van der Waals surface area contributed by atoms with E-state index in [-0.39, 0.29) is 5.54 Å². The van der Waals surface area contributed by atoms with Crippen LogP contribution in [0.1, 0.15) is 25.3 Å². The molecule has 1 atom stereocenters. The minimum atomic E-state index is -0.195. The second-order valence-electron chi connectivity index (χ2n) is 4.11. The van der Waals surface area contributed by atoms with Crippen LogP contribution in [0.25, 0.3) is 0 Å². The molecule has 0 bridgehead atoms. The van der Waals surface area contributed by atoms with Gasteiger partial charge >= 0.3 is 0 Å². The van der Waals surface area contributed by atoms with E-state index in [0.717, 1.165) is 17.7 Å². The van der Waals surface area contributed by atoms with Crippen LogP contribution >= 0.6 is 0 Å². The SMILES string of the molecule is CC1(CC#N)CC(c2ccccc2)=NN1. The molecule has 1 aliphatic rings. The van der Waals surface area contributed by atoms with Gasteiger partial charge in [-0.3, -0.25) is 0 Å². The number of nitrogens with zero attached hydrogens (tertiary/aromatic N) is 2. The summed E-state index contributed by atoms with van der Waals surface area (Å²) in [5.74, 6) is 0. The summed E-state index contributed by atoms with van der Waals surface area (Å²) in [6.07, 6.45) is 1.29. The van der Waals surface area contributed by atoms with Crippen molar-refractivity contribution >= 4 is 5.71 Å². The van der Waals surface area contributed by atoms with E-state index in [1.54, 1.807) is 0 Å². The second-order valence-corrected chi connectivity index (χ2v) is 4.11. The summed E-state index contributed by atoms with van der Waals surface area (Å²) in [6.45, 7) is 2.02. The molecule has 0 aliphatic carbocycles. The van der Waals surface area contributed by atoms with E-state index in [1.807, 2.05) is 37.3 Å². The van der Waals surface area contributed by atoms with Gasteiger partial charge in [0.1, 0.15) is 0 Å². The summed E-state index contributed by atoms with van der Waals surface area (Å²) < 4.78 is 0. The Morgan fingerprint density at radius 2 is 2.20 bits per heavy atom. The standard InChI is InChI=1S/C12H13N3/c1-12(7-8-13)9-11(14-15-12)10-5-3-2-4-6-10/h2-6,15H,7,9H2,1H3. The minimum Gasteiger partial charge on any atom is -0.303 e. The van der Waals surface area contributed by atoms with Gasteiger partial charge in [-0.1, -0.05) is 30.3 Å². The third kappa shape index (κ3) is 1.99. The molecule has 0 aromatic heterocycles. The zero-order chi connectivity index (χ0) is 10.7. The predicted octanol–water partition coefficient (Wildman–Crippen LogP) is 2.06. The number of hydrogen-bond donors (Lipinski definition) is 1. The largest absolute Gasteiger partial charge is 0.303 e. The first kappa shape index (κ1) is 9.72. The fourth-order valence-corrected chi connectivity index (χ4v) is 1.72. The summed E-state index contributed by atoms with van der Waals surface area (Å²) in [6, 6.07) is 12.2. The Hall–Kier alpha value is -1.82. The molecule has 0 saturated carbocycles. The lowest BCUT2D eigenvalue weighted by Gasteiger charge is -2.19. The average Bonchev–Trinajstić information content (AvgIpc) is 2.63. The molecule has 0 spiro atoms. The van der Waals surface area contributed by atoms with E-state index in [4.69, 9.17) is 5.26 Å². The van der Waals surface area contributed by atoms with Crippen molar-refractivity contribution in [2.24, 2.45) is 5.10 Å². The summed E-state index contributed by atoms with van der Waals surface area (Å²) in [5.41, 5.74) is 5.02. The third-order valence-corrected chi connectivity index (χ3v) is 2.59. The van der Waals surface area contributed by atoms with Gasteiger partial charge in [0.15, 0.2) is 0 Å². The molecule has 0 fully saturated rings. The number of nitrogens with one attached hydrogen (secondary N) is 1. The molecular weight excluding hydrogens is 186 g/mol. The van der Waals surface area contributed by atoms with Gasteiger partial charge in [0.2, 0.25) is 0 Å². The van der Waals surface area contributed by atoms with Gasteiger partial charge in [0.25, 0.3) is 0 Å². The number of rotatable bonds is 2. The van der Waals surface area contributed by atoms with Gasteiger partial charge in [-0.05, 0) is 12.5 Å². The zero-order valence-corrected chi connectivity index (χ0v) is 8.70. The van der Waals surface area contributed by atoms with Crippen molar-refractivity contribution in [1.29, 1.82) is 5.26 Å². The Balaban J connectivity index is 2.14. The molecule has 1 unspecified atom stereocenters. The molecule has 1 heterocycles. The molecule has 1 N–H and O–H groups in total. The normalized spacial score (nSPS) is 24.1. The Labute approximate surface area is 89.4 Å². The first-order valence-electron chi connectivity index (χ1n) is 5.00. The van der Waals surface area contributed by atoms with Crippen LogP contribution in [0.3, 0.4) is 0 Å². The molecule has 1 aromatic carbocycles. The summed E-state index contributed by atoms with van der Waals surface area (Å²) in [7, 11) is 0. The Bertz CT molecular complexity index is 416. The van der Waals surface area contributed by atoms with Crippen molar-refractivity contribution in [2.75, 3.05) is 0 Å². The van der Waals surface area contributed by atoms with Crippen LogP contribution in [0.2, 0.25) is 0 Å². The lowest BCUT2D eigenvalue weighted by atomic mass is 9.91.